The van der Waals surface area contributed by atoms with Gasteiger partial charge in [-0.05, 0) is 6.26 Å². The van der Waals surface area contributed by atoms with Gasteiger partial charge in [-0.15, -0.1) is 0 Å². The second-order valence-electron chi connectivity index (χ2n) is 4.66. The van der Waals surface area contributed by atoms with Crippen molar-refractivity contribution in [1.82, 2.24) is 19.8 Å². The van der Waals surface area contributed by atoms with E-state index in [9.17, 15) is 4.79 Å². The highest BCUT2D eigenvalue weighted by atomic mass is 32.2. The van der Waals surface area contributed by atoms with Crippen LogP contribution in [-0.2, 0) is 7.05 Å². The normalized spacial score (nSPS) is 22.7. The summed E-state index contributed by atoms with van der Waals surface area (Å²) in [5.41, 5.74) is 0.545. The molecule has 7 nitrogen and oxygen atoms in total. The van der Waals surface area contributed by atoms with Gasteiger partial charge in [0.25, 0.3) is 5.56 Å². The summed E-state index contributed by atoms with van der Waals surface area (Å²) < 4.78 is 1.58. The maximum absolute atomic E-state index is 12.2. The van der Waals surface area contributed by atoms with Crippen molar-refractivity contribution in [1.29, 1.82) is 0 Å². The van der Waals surface area contributed by atoms with Crippen LogP contribution in [0.2, 0.25) is 0 Å². The zero-order valence-corrected chi connectivity index (χ0v) is 11.9. The second-order valence-corrected chi connectivity index (χ2v) is 5.44. The van der Waals surface area contributed by atoms with E-state index in [0.717, 1.165) is 31.3 Å². The molecule has 3 rings (SSSR count). The van der Waals surface area contributed by atoms with Gasteiger partial charge in [0.15, 0.2) is 17.3 Å². The summed E-state index contributed by atoms with van der Waals surface area (Å²) in [4.78, 5) is 19.0. The maximum Gasteiger partial charge on any atom is 0.279 e. The number of piperazine rings is 1. The van der Waals surface area contributed by atoms with Crippen LogP contribution >= 0.6 is 11.8 Å². The number of nitrogens with zero attached hydrogens (tertiary/aromatic N) is 3. The highest BCUT2D eigenvalue weighted by Crippen LogP contribution is 2.26. The zero-order chi connectivity index (χ0) is 13.4. The molecule has 0 aliphatic carbocycles. The lowest BCUT2D eigenvalue weighted by Gasteiger charge is -2.32. The SMILES string of the molecule is CSc1nc2c(c(=O)n1C)NC(N1CCNCC1)N2. The van der Waals surface area contributed by atoms with Gasteiger partial charge in [0.2, 0.25) is 0 Å². The molecule has 1 fully saturated rings. The lowest BCUT2D eigenvalue weighted by Crippen LogP contribution is -2.52. The first-order valence-electron chi connectivity index (χ1n) is 6.33. The largest absolute Gasteiger partial charge is 0.345 e. The highest BCUT2D eigenvalue weighted by molar-refractivity contribution is 7.98. The number of hydrogen-bond acceptors (Lipinski definition) is 7. The van der Waals surface area contributed by atoms with Crippen molar-refractivity contribution in [2.24, 2.45) is 7.05 Å². The average molecular weight is 282 g/mol. The van der Waals surface area contributed by atoms with E-state index < -0.39 is 0 Å². The molecular weight excluding hydrogens is 264 g/mol. The molecule has 0 aromatic carbocycles. The molecule has 1 aromatic rings. The Labute approximate surface area is 115 Å². The summed E-state index contributed by atoms with van der Waals surface area (Å²) in [6.45, 7) is 3.85. The first kappa shape index (κ1) is 12.8. The number of hydrogen-bond donors (Lipinski definition) is 3. The molecule has 3 heterocycles. The molecule has 104 valence electrons. The molecule has 0 amide bonds. The fourth-order valence-electron chi connectivity index (χ4n) is 2.42. The first-order chi connectivity index (χ1) is 9.20. The summed E-state index contributed by atoms with van der Waals surface area (Å²) in [6.07, 6.45) is 1.89. The van der Waals surface area contributed by atoms with E-state index in [-0.39, 0.29) is 11.8 Å². The molecule has 0 spiro atoms. The van der Waals surface area contributed by atoms with Crippen LogP contribution in [0.25, 0.3) is 0 Å². The summed E-state index contributed by atoms with van der Waals surface area (Å²) in [7, 11) is 1.75. The molecule has 2 aliphatic heterocycles. The Hall–Kier alpha value is -1.25. The molecule has 1 unspecified atom stereocenters. The predicted octanol–water partition coefficient (Wildman–Crippen LogP) is -0.472. The van der Waals surface area contributed by atoms with Crippen LogP contribution in [0.5, 0.6) is 0 Å². The third kappa shape index (κ3) is 2.19. The quantitative estimate of drug-likeness (QED) is 0.500. The fourth-order valence-corrected chi connectivity index (χ4v) is 2.96. The van der Waals surface area contributed by atoms with Gasteiger partial charge in [0.1, 0.15) is 5.69 Å². The Morgan fingerprint density at radius 1 is 1.32 bits per heavy atom. The first-order valence-corrected chi connectivity index (χ1v) is 7.56. The highest BCUT2D eigenvalue weighted by Gasteiger charge is 2.30. The Bertz CT molecular complexity index is 539. The second kappa shape index (κ2) is 5.03. The number of anilines is 2. The average Bonchev–Trinajstić information content (AvgIpc) is 2.88. The van der Waals surface area contributed by atoms with E-state index in [1.54, 1.807) is 11.6 Å². The third-order valence-corrected chi connectivity index (χ3v) is 4.23. The zero-order valence-electron chi connectivity index (χ0n) is 11.1. The minimum Gasteiger partial charge on any atom is -0.345 e. The summed E-state index contributed by atoms with van der Waals surface area (Å²) in [5, 5.41) is 10.6. The van der Waals surface area contributed by atoms with Gasteiger partial charge in [-0.3, -0.25) is 14.3 Å². The summed E-state index contributed by atoms with van der Waals surface area (Å²) >= 11 is 1.47. The topological polar surface area (TPSA) is 74.2 Å². The van der Waals surface area contributed by atoms with Crippen molar-refractivity contribution in [3.63, 3.8) is 0 Å². The number of rotatable bonds is 2. The molecular formula is C11H18N6OS. The van der Waals surface area contributed by atoms with Gasteiger partial charge in [-0.1, -0.05) is 11.8 Å². The van der Waals surface area contributed by atoms with Crippen LogP contribution in [0.3, 0.4) is 0 Å². The van der Waals surface area contributed by atoms with Gasteiger partial charge in [0, 0.05) is 33.2 Å². The summed E-state index contributed by atoms with van der Waals surface area (Å²) in [5.74, 6) is 0.663. The van der Waals surface area contributed by atoms with E-state index in [2.05, 4.69) is 25.8 Å². The number of nitrogens with one attached hydrogen (secondary N) is 3. The van der Waals surface area contributed by atoms with E-state index >= 15 is 0 Å². The van der Waals surface area contributed by atoms with Crippen LogP contribution in [0.15, 0.2) is 9.95 Å². The minimum absolute atomic E-state index is 0.0283. The van der Waals surface area contributed by atoms with Crippen molar-refractivity contribution >= 4 is 23.3 Å². The molecule has 1 saturated heterocycles. The van der Waals surface area contributed by atoms with Crippen LogP contribution in [0, 0.1) is 0 Å². The molecule has 1 aromatic heterocycles. The van der Waals surface area contributed by atoms with Crippen molar-refractivity contribution in [3.8, 4) is 0 Å². The van der Waals surface area contributed by atoms with Crippen molar-refractivity contribution < 1.29 is 0 Å². The van der Waals surface area contributed by atoms with Crippen LogP contribution in [-0.4, -0.2) is 53.2 Å². The molecule has 0 bridgehead atoms. The van der Waals surface area contributed by atoms with Crippen LogP contribution < -0.4 is 21.5 Å². The summed E-state index contributed by atoms with van der Waals surface area (Å²) in [6, 6.07) is 0. The van der Waals surface area contributed by atoms with E-state index in [4.69, 9.17) is 0 Å². The fraction of sp³-hybridized carbons (Fsp3) is 0.636. The molecule has 0 saturated carbocycles. The minimum atomic E-state index is -0.0330. The molecule has 19 heavy (non-hydrogen) atoms. The van der Waals surface area contributed by atoms with E-state index in [1.165, 1.54) is 11.8 Å². The molecule has 2 aliphatic rings. The maximum atomic E-state index is 12.2. The molecule has 8 heteroatoms. The van der Waals surface area contributed by atoms with Gasteiger partial charge in [-0.2, -0.15) is 0 Å². The third-order valence-electron chi connectivity index (χ3n) is 3.50. The van der Waals surface area contributed by atoms with Gasteiger partial charge in [-0.25, -0.2) is 4.98 Å². The Morgan fingerprint density at radius 2 is 2.05 bits per heavy atom. The van der Waals surface area contributed by atoms with Gasteiger partial charge >= 0.3 is 0 Å². The van der Waals surface area contributed by atoms with Crippen molar-refractivity contribution in [2.75, 3.05) is 43.1 Å². The van der Waals surface area contributed by atoms with Gasteiger partial charge < -0.3 is 16.0 Å². The molecule has 1 atom stereocenters. The monoisotopic (exact) mass is 282 g/mol. The number of thioether (sulfide) groups is 1. The standard InChI is InChI=1S/C11H18N6OS/c1-16-9(18)7-8(15-11(16)19-2)14-10(13-7)17-5-3-12-4-6-17/h10,12-14H,3-6H2,1-2H3. The Kier molecular flexibility index (Phi) is 3.38. The van der Waals surface area contributed by atoms with E-state index in [1.807, 2.05) is 6.26 Å². The lowest BCUT2D eigenvalue weighted by molar-refractivity contribution is 0.209. The van der Waals surface area contributed by atoms with Crippen molar-refractivity contribution in [3.05, 3.63) is 10.4 Å². The van der Waals surface area contributed by atoms with Crippen LogP contribution in [0.4, 0.5) is 11.5 Å². The molecule has 3 N–H and O–H groups in total. The smallest absolute Gasteiger partial charge is 0.279 e. The lowest BCUT2D eigenvalue weighted by atomic mass is 10.4. The van der Waals surface area contributed by atoms with E-state index in [0.29, 0.717) is 11.5 Å². The predicted molar refractivity (Wildman–Crippen MR) is 76.7 cm³/mol. The van der Waals surface area contributed by atoms with Gasteiger partial charge in [0.05, 0.1) is 0 Å². The Morgan fingerprint density at radius 3 is 2.74 bits per heavy atom. The van der Waals surface area contributed by atoms with Crippen molar-refractivity contribution in [2.45, 2.75) is 11.4 Å². The Balaban J connectivity index is 1.87. The van der Waals surface area contributed by atoms with Crippen LogP contribution in [0.1, 0.15) is 0 Å². The number of aromatic nitrogens is 2. The number of fused-ring (bicyclic) bond motifs is 1. The molecule has 0 radical (unpaired) electrons.